The van der Waals surface area contributed by atoms with E-state index >= 15 is 0 Å². The average molecular weight is 243 g/mol. The predicted molar refractivity (Wildman–Crippen MR) is 68.0 cm³/mol. The minimum atomic E-state index is -0.166. The smallest absolute Gasteiger partial charge is 0.222 e. The molecule has 0 spiro atoms. The van der Waals surface area contributed by atoms with Gasteiger partial charge in [0.15, 0.2) is 0 Å². The maximum atomic E-state index is 13.1. The second-order valence-electron chi connectivity index (χ2n) is 4.75. The first kappa shape index (κ1) is 11.1. The van der Waals surface area contributed by atoms with Gasteiger partial charge in [-0.25, -0.2) is 14.4 Å². The molecular formula is C14H14FN3. The molecule has 0 fully saturated rings. The molecule has 0 aliphatic heterocycles. The summed E-state index contributed by atoms with van der Waals surface area (Å²) >= 11 is 0. The van der Waals surface area contributed by atoms with Gasteiger partial charge in [0.25, 0.3) is 0 Å². The van der Waals surface area contributed by atoms with E-state index in [1.165, 1.54) is 11.6 Å². The Labute approximate surface area is 105 Å². The fraction of sp³-hybridized carbons (Fsp3) is 0.286. The van der Waals surface area contributed by atoms with Crippen molar-refractivity contribution < 1.29 is 4.39 Å². The summed E-state index contributed by atoms with van der Waals surface area (Å²) in [6.07, 6.45) is 5.30. The van der Waals surface area contributed by atoms with Crippen LogP contribution in [-0.4, -0.2) is 16.0 Å². The Morgan fingerprint density at radius 2 is 1.89 bits per heavy atom. The standard InChI is InChI=1S/C14H14FN3/c1-9-7-16-14(17-8-9)18-13-5-10-2-3-12(15)4-11(10)6-13/h2-4,7-8,13H,5-6H2,1H3,(H,16,17,18). The summed E-state index contributed by atoms with van der Waals surface area (Å²) in [6, 6.07) is 5.25. The molecule has 1 aromatic heterocycles. The number of benzene rings is 1. The molecule has 1 aliphatic rings. The van der Waals surface area contributed by atoms with Crippen molar-refractivity contribution >= 4 is 5.95 Å². The highest BCUT2D eigenvalue weighted by atomic mass is 19.1. The molecule has 0 amide bonds. The van der Waals surface area contributed by atoms with Crippen molar-refractivity contribution in [1.29, 1.82) is 0 Å². The van der Waals surface area contributed by atoms with Crippen LogP contribution >= 0.6 is 0 Å². The molecule has 1 heterocycles. The van der Waals surface area contributed by atoms with Gasteiger partial charge in [0.1, 0.15) is 5.82 Å². The molecule has 3 nitrogen and oxygen atoms in total. The van der Waals surface area contributed by atoms with Crippen molar-refractivity contribution in [3.05, 3.63) is 53.1 Å². The van der Waals surface area contributed by atoms with E-state index in [4.69, 9.17) is 0 Å². The highest BCUT2D eigenvalue weighted by Gasteiger charge is 2.22. The molecule has 0 bridgehead atoms. The van der Waals surface area contributed by atoms with Crippen LogP contribution in [0.1, 0.15) is 16.7 Å². The molecule has 2 aromatic rings. The van der Waals surface area contributed by atoms with Crippen LogP contribution in [-0.2, 0) is 12.8 Å². The summed E-state index contributed by atoms with van der Waals surface area (Å²) in [6.45, 7) is 1.96. The number of anilines is 1. The number of nitrogens with one attached hydrogen (secondary N) is 1. The van der Waals surface area contributed by atoms with Gasteiger partial charge in [-0.15, -0.1) is 0 Å². The third-order valence-corrected chi connectivity index (χ3v) is 3.22. The summed E-state index contributed by atoms with van der Waals surface area (Å²) in [5, 5.41) is 3.29. The van der Waals surface area contributed by atoms with E-state index in [2.05, 4.69) is 15.3 Å². The molecule has 1 atom stereocenters. The zero-order chi connectivity index (χ0) is 12.5. The lowest BCUT2D eigenvalue weighted by atomic mass is 10.1. The molecule has 92 valence electrons. The fourth-order valence-corrected chi connectivity index (χ4v) is 2.34. The monoisotopic (exact) mass is 243 g/mol. The number of hydrogen-bond acceptors (Lipinski definition) is 3. The summed E-state index contributed by atoms with van der Waals surface area (Å²) in [4.78, 5) is 8.45. The number of hydrogen-bond donors (Lipinski definition) is 1. The van der Waals surface area contributed by atoms with Gasteiger partial charge in [0.05, 0.1) is 0 Å². The van der Waals surface area contributed by atoms with E-state index in [0.29, 0.717) is 5.95 Å². The van der Waals surface area contributed by atoms with Gasteiger partial charge < -0.3 is 5.32 Å². The molecule has 1 aromatic carbocycles. The van der Waals surface area contributed by atoms with Gasteiger partial charge in [-0.3, -0.25) is 0 Å². The predicted octanol–water partition coefficient (Wildman–Crippen LogP) is 2.50. The van der Waals surface area contributed by atoms with Crippen LogP contribution in [0.3, 0.4) is 0 Å². The van der Waals surface area contributed by atoms with Crippen molar-refractivity contribution in [2.24, 2.45) is 0 Å². The van der Waals surface area contributed by atoms with Gasteiger partial charge >= 0.3 is 0 Å². The summed E-state index contributed by atoms with van der Waals surface area (Å²) in [5.74, 6) is 0.472. The Bertz CT molecular complexity index is 566. The van der Waals surface area contributed by atoms with Crippen LogP contribution in [0.4, 0.5) is 10.3 Å². The molecule has 1 unspecified atom stereocenters. The largest absolute Gasteiger partial charge is 0.351 e. The molecule has 1 N–H and O–H groups in total. The lowest BCUT2D eigenvalue weighted by Gasteiger charge is -2.11. The number of rotatable bonds is 2. The van der Waals surface area contributed by atoms with E-state index < -0.39 is 0 Å². The van der Waals surface area contributed by atoms with Gasteiger partial charge in [-0.2, -0.15) is 0 Å². The highest BCUT2D eigenvalue weighted by Crippen LogP contribution is 2.24. The van der Waals surface area contributed by atoms with Gasteiger partial charge in [0.2, 0.25) is 5.95 Å². The van der Waals surface area contributed by atoms with Crippen molar-refractivity contribution in [2.45, 2.75) is 25.8 Å². The molecular weight excluding hydrogens is 229 g/mol. The molecule has 0 radical (unpaired) electrons. The normalized spacial score (nSPS) is 17.6. The molecule has 0 saturated heterocycles. The maximum absolute atomic E-state index is 13.1. The number of halogens is 1. The molecule has 4 heteroatoms. The molecule has 3 rings (SSSR count). The quantitative estimate of drug-likeness (QED) is 0.880. The zero-order valence-corrected chi connectivity index (χ0v) is 10.2. The summed E-state index contributed by atoms with van der Waals surface area (Å²) in [5.41, 5.74) is 3.33. The second kappa shape index (κ2) is 4.37. The lowest BCUT2D eigenvalue weighted by Crippen LogP contribution is -2.20. The number of aryl methyl sites for hydroxylation is 1. The highest BCUT2D eigenvalue weighted by molar-refractivity contribution is 5.38. The third kappa shape index (κ3) is 2.18. The summed E-state index contributed by atoms with van der Waals surface area (Å²) in [7, 11) is 0. The van der Waals surface area contributed by atoms with E-state index in [-0.39, 0.29) is 11.9 Å². The van der Waals surface area contributed by atoms with Gasteiger partial charge in [-0.1, -0.05) is 6.07 Å². The van der Waals surface area contributed by atoms with E-state index in [1.54, 1.807) is 18.5 Å². The Balaban J connectivity index is 1.72. The van der Waals surface area contributed by atoms with Crippen LogP contribution in [0.15, 0.2) is 30.6 Å². The lowest BCUT2D eigenvalue weighted by molar-refractivity contribution is 0.625. The van der Waals surface area contributed by atoms with Crippen LogP contribution in [0.25, 0.3) is 0 Å². The molecule has 1 aliphatic carbocycles. The van der Waals surface area contributed by atoms with Crippen LogP contribution in [0.2, 0.25) is 0 Å². The Morgan fingerprint density at radius 1 is 1.17 bits per heavy atom. The van der Waals surface area contributed by atoms with Crippen molar-refractivity contribution in [3.8, 4) is 0 Å². The van der Waals surface area contributed by atoms with E-state index in [0.717, 1.165) is 24.0 Å². The van der Waals surface area contributed by atoms with Crippen molar-refractivity contribution in [1.82, 2.24) is 9.97 Å². The third-order valence-electron chi connectivity index (χ3n) is 3.22. The maximum Gasteiger partial charge on any atom is 0.222 e. The van der Waals surface area contributed by atoms with Crippen LogP contribution in [0.5, 0.6) is 0 Å². The van der Waals surface area contributed by atoms with E-state index in [1.807, 2.05) is 13.0 Å². The molecule has 0 saturated carbocycles. The van der Waals surface area contributed by atoms with Gasteiger partial charge in [-0.05, 0) is 48.6 Å². The first-order valence-corrected chi connectivity index (χ1v) is 6.03. The zero-order valence-electron chi connectivity index (χ0n) is 10.2. The Kier molecular flexibility index (Phi) is 2.70. The first-order valence-electron chi connectivity index (χ1n) is 6.03. The fourth-order valence-electron chi connectivity index (χ4n) is 2.34. The topological polar surface area (TPSA) is 37.8 Å². The number of fused-ring (bicyclic) bond motifs is 1. The van der Waals surface area contributed by atoms with Gasteiger partial charge in [0, 0.05) is 18.4 Å². The average Bonchev–Trinajstić information content (AvgIpc) is 2.73. The number of nitrogens with zero attached hydrogens (tertiary/aromatic N) is 2. The minimum absolute atomic E-state index is 0.166. The van der Waals surface area contributed by atoms with Crippen LogP contribution in [0, 0.1) is 12.7 Å². The van der Waals surface area contributed by atoms with Crippen molar-refractivity contribution in [2.75, 3.05) is 5.32 Å². The molecule has 18 heavy (non-hydrogen) atoms. The number of aromatic nitrogens is 2. The second-order valence-corrected chi connectivity index (χ2v) is 4.75. The summed E-state index contributed by atoms with van der Waals surface area (Å²) < 4.78 is 13.1. The van der Waals surface area contributed by atoms with Crippen molar-refractivity contribution in [3.63, 3.8) is 0 Å². The Hall–Kier alpha value is -1.97. The first-order chi connectivity index (χ1) is 8.70. The van der Waals surface area contributed by atoms with E-state index in [9.17, 15) is 4.39 Å². The van der Waals surface area contributed by atoms with Crippen LogP contribution < -0.4 is 5.32 Å². The Morgan fingerprint density at radius 3 is 2.67 bits per heavy atom. The minimum Gasteiger partial charge on any atom is -0.351 e. The SMILES string of the molecule is Cc1cnc(NC2Cc3ccc(F)cc3C2)nc1.